The van der Waals surface area contributed by atoms with E-state index in [4.69, 9.17) is 4.74 Å². The van der Waals surface area contributed by atoms with Crippen molar-refractivity contribution >= 4 is 11.8 Å². The lowest BCUT2D eigenvalue weighted by molar-refractivity contribution is -0.171. The highest BCUT2D eigenvalue weighted by Crippen LogP contribution is 2.25. The summed E-state index contributed by atoms with van der Waals surface area (Å²) in [5.74, 6) is -0.188. The minimum atomic E-state index is -0.653. The van der Waals surface area contributed by atoms with Gasteiger partial charge in [-0.05, 0) is 46.8 Å². The van der Waals surface area contributed by atoms with Crippen LogP contribution in [-0.4, -0.2) is 57.4 Å². The highest BCUT2D eigenvalue weighted by Gasteiger charge is 2.46. The maximum Gasteiger partial charge on any atom is 0.248 e. The lowest BCUT2D eigenvalue weighted by Crippen LogP contribution is -2.66. The third-order valence-electron chi connectivity index (χ3n) is 4.20. The molecule has 1 fully saturated rings. The lowest BCUT2D eigenvalue weighted by Gasteiger charge is -2.45. The lowest BCUT2D eigenvalue weighted by atomic mass is 10.0. The van der Waals surface area contributed by atoms with Crippen LogP contribution in [0.2, 0.25) is 0 Å². The first kappa shape index (κ1) is 18.4. The van der Waals surface area contributed by atoms with Crippen LogP contribution in [0.1, 0.15) is 40.3 Å². The van der Waals surface area contributed by atoms with Crippen molar-refractivity contribution < 1.29 is 14.3 Å². The quantitative estimate of drug-likeness (QED) is 0.843. The van der Waals surface area contributed by atoms with Gasteiger partial charge in [-0.15, -0.1) is 0 Å². The standard InChI is InChI=1S/C18H27N3O3/c1-12-16(22)21(11-14-9-7-8-10-19-14)15(17(23)20(12)6)13(2)24-18(3,4)5/h7-10,12-13,15H,11H2,1-6H3/t12-,13-,15?/m0/s1. The summed E-state index contributed by atoms with van der Waals surface area (Å²) in [5, 5.41) is 0. The van der Waals surface area contributed by atoms with E-state index in [2.05, 4.69) is 4.98 Å². The van der Waals surface area contributed by atoms with Gasteiger partial charge in [-0.1, -0.05) is 6.07 Å². The van der Waals surface area contributed by atoms with Crippen molar-refractivity contribution in [2.75, 3.05) is 7.05 Å². The number of likely N-dealkylation sites (N-methyl/N-ethyl adjacent to an activating group) is 1. The number of carbonyl (C=O) groups excluding carboxylic acids is 2. The zero-order chi connectivity index (χ0) is 18.1. The molecule has 0 aromatic carbocycles. The van der Waals surface area contributed by atoms with Crippen molar-refractivity contribution in [1.29, 1.82) is 0 Å². The van der Waals surface area contributed by atoms with E-state index in [-0.39, 0.29) is 11.8 Å². The smallest absolute Gasteiger partial charge is 0.248 e. The van der Waals surface area contributed by atoms with Gasteiger partial charge in [-0.3, -0.25) is 14.6 Å². The van der Waals surface area contributed by atoms with Gasteiger partial charge in [0, 0.05) is 13.2 Å². The van der Waals surface area contributed by atoms with Gasteiger partial charge in [0.25, 0.3) is 0 Å². The fourth-order valence-corrected chi connectivity index (χ4v) is 2.99. The third kappa shape index (κ3) is 3.93. The molecule has 2 rings (SSSR count). The van der Waals surface area contributed by atoms with Gasteiger partial charge < -0.3 is 14.5 Å². The van der Waals surface area contributed by atoms with Crippen molar-refractivity contribution in [2.45, 2.75) is 65.0 Å². The molecule has 0 spiro atoms. The van der Waals surface area contributed by atoms with Crippen LogP contribution in [-0.2, 0) is 20.9 Å². The van der Waals surface area contributed by atoms with E-state index < -0.39 is 23.8 Å². The summed E-state index contributed by atoms with van der Waals surface area (Å²) in [7, 11) is 1.67. The summed E-state index contributed by atoms with van der Waals surface area (Å²) in [6.45, 7) is 9.70. The first-order chi connectivity index (χ1) is 11.1. The van der Waals surface area contributed by atoms with Crippen molar-refractivity contribution in [2.24, 2.45) is 0 Å². The Morgan fingerprint density at radius 2 is 1.92 bits per heavy atom. The van der Waals surface area contributed by atoms with E-state index in [0.29, 0.717) is 6.54 Å². The molecule has 3 atom stereocenters. The molecule has 0 bridgehead atoms. The van der Waals surface area contributed by atoms with Crippen LogP contribution in [0.4, 0.5) is 0 Å². The summed E-state index contributed by atoms with van der Waals surface area (Å²) in [6.07, 6.45) is 1.27. The van der Waals surface area contributed by atoms with Gasteiger partial charge in [0.15, 0.2) is 0 Å². The molecule has 24 heavy (non-hydrogen) atoms. The van der Waals surface area contributed by atoms with Gasteiger partial charge in [0.1, 0.15) is 12.1 Å². The van der Waals surface area contributed by atoms with Gasteiger partial charge in [0.2, 0.25) is 11.8 Å². The molecule has 1 aliphatic heterocycles. The molecular formula is C18H27N3O3. The van der Waals surface area contributed by atoms with Crippen LogP contribution in [0.5, 0.6) is 0 Å². The molecular weight excluding hydrogens is 306 g/mol. The number of aromatic nitrogens is 1. The Balaban J connectivity index is 2.33. The summed E-state index contributed by atoms with van der Waals surface area (Å²) in [6, 6.07) is 4.41. The molecule has 0 saturated carbocycles. The topological polar surface area (TPSA) is 62.7 Å². The SMILES string of the molecule is C[C@H](OC(C)(C)C)C1C(=O)N(C)[C@@H](C)C(=O)N1Cc1ccccn1. The van der Waals surface area contributed by atoms with E-state index in [9.17, 15) is 9.59 Å². The number of carbonyl (C=O) groups is 2. The normalized spacial score (nSPS) is 23.6. The summed E-state index contributed by atoms with van der Waals surface area (Å²) in [4.78, 5) is 33.0. The Morgan fingerprint density at radius 3 is 2.46 bits per heavy atom. The molecule has 1 aromatic rings. The van der Waals surface area contributed by atoms with Crippen LogP contribution in [0.3, 0.4) is 0 Å². The van der Waals surface area contributed by atoms with Crippen LogP contribution >= 0.6 is 0 Å². The third-order valence-corrected chi connectivity index (χ3v) is 4.20. The molecule has 2 amide bonds. The molecule has 2 heterocycles. The number of nitrogens with zero attached hydrogens (tertiary/aromatic N) is 3. The van der Waals surface area contributed by atoms with Gasteiger partial charge in [0.05, 0.1) is 23.9 Å². The average molecular weight is 333 g/mol. The summed E-state index contributed by atoms with van der Waals surface area (Å²) < 4.78 is 5.99. The molecule has 0 aliphatic carbocycles. The average Bonchev–Trinajstić information content (AvgIpc) is 2.50. The maximum atomic E-state index is 12.8. The number of hydrogen-bond acceptors (Lipinski definition) is 4. The summed E-state index contributed by atoms with van der Waals surface area (Å²) >= 11 is 0. The molecule has 1 unspecified atom stereocenters. The van der Waals surface area contributed by atoms with E-state index in [1.165, 1.54) is 4.90 Å². The largest absolute Gasteiger partial charge is 0.370 e. The second kappa shape index (κ2) is 6.89. The van der Waals surface area contributed by atoms with Crippen molar-refractivity contribution in [3.63, 3.8) is 0 Å². The Hall–Kier alpha value is -1.95. The Kier molecular flexibility index (Phi) is 5.28. The van der Waals surface area contributed by atoms with E-state index in [1.54, 1.807) is 25.1 Å². The molecule has 6 nitrogen and oxygen atoms in total. The van der Waals surface area contributed by atoms with E-state index in [1.807, 2.05) is 45.9 Å². The number of hydrogen-bond donors (Lipinski definition) is 0. The zero-order valence-corrected chi connectivity index (χ0v) is 15.3. The maximum absolute atomic E-state index is 12.8. The second-order valence-corrected chi connectivity index (χ2v) is 7.29. The monoisotopic (exact) mass is 333 g/mol. The minimum absolute atomic E-state index is 0.0860. The van der Waals surface area contributed by atoms with Crippen LogP contribution in [0.15, 0.2) is 24.4 Å². The van der Waals surface area contributed by atoms with E-state index in [0.717, 1.165) is 5.69 Å². The fraction of sp³-hybridized carbons (Fsp3) is 0.611. The van der Waals surface area contributed by atoms with Gasteiger partial charge in [-0.25, -0.2) is 0 Å². The molecule has 1 saturated heterocycles. The Labute approximate surface area is 143 Å². The van der Waals surface area contributed by atoms with Gasteiger partial charge >= 0.3 is 0 Å². The van der Waals surface area contributed by atoms with E-state index >= 15 is 0 Å². The molecule has 1 aromatic heterocycles. The summed E-state index contributed by atoms with van der Waals surface area (Å²) in [5.41, 5.74) is 0.351. The number of amides is 2. The van der Waals surface area contributed by atoms with Crippen molar-refractivity contribution in [1.82, 2.24) is 14.8 Å². The van der Waals surface area contributed by atoms with Crippen LogP contribution < -0.4 is 0 Å². The minimum Gasteiger partial charge on any atom is -0.370 e. The zero-order valence-electron chi connectivity index (χ0n) is 15.3. The Morgan fingerprint density at radius 1 is 1.25 bits per heavy atom. The number of ether oxygens (including phenoxy) is 1. The van der Waals surface area contributed by atoms with Crippen LogP contribution in [0.25, 0.3) is 0 Å². The predicted octanol–water partition coefficient (Wildman–Crippen LogP) is 1.84. The molecule has 1 aliphatic rings. The number of pyridine rings is 1. The van der Waals surface area contributed by atoms with Crippen molar-refractivity contribution in [3.05, 3.63) is 30.1 Å². The highest BCUT2D eigenvalue weighted by molar-refractivity contribution is 5.97. The molecule has 132 valence electrons. The second-order valence-electron chi connectivity index (χ2n) is 7.29. The molecule has 6 heteroatoms. The first-order valence-corrected chi connectivity index (χ1v) is 8.26. The van der Waals surface area contributed by atoms with Crippen molar-refractivity contribution in [3.8, 4) is 0 Å². The predicted molar refractivity (Wildman–Crippen MR) is 91.1 cm³/mol. The van der Waals surface area contributed by atoms with Gasteiger partial charge in [-0.2, -0.15) is 0 Å². The number of rotatable bonds is 4. The Bertz CT molecular complexity index is 597. The van der Waals surface area contributed by atoms with Crippen LogP contribution in [0, 0.1) is 0 Å². The molecule has 0 N–H and O–H groups in total. The fourth-order valence-electron chi connectivity index (χ4n) is 2.99. The molecule has 0 radical (unpaired) electrons. The highest BCUT2D eigenvalue weighted by atomic mass is 16.5. The first-order valence-electron chi connectivity index (χ1n) is 8.26. The number of piperazine rings is 1.